The summed E-state index contributed by atoms with van der Waals surface area (Å²) in [5.41, 5.74) is 2.76. The molecule has 1 fully saturated rings. The molecular formula is C28H29N5O4S. The molecule has 5 rings (SSSR count). The van der Waals surface area contributed by atoms with Gasteiger partial charge in [0.1, 0.15) is 22.6 Å². The van der Waals surface area contributed by atoms with Gasteiger partial charge in [0.15, 0.2) is 0 Å². The summed E-state index contributed by atoms with van der Waals surface area (Å²) in [5.74, 6) is 0.962. The van der Waals surface area contributed by atoms with Crippen LogP contribution in [0.4, 0.5) is 5.69 Å². The molecule has 1 aliphatic heterocycles. The zero-order chi connectivity index (χ0) is 26.5. The lowest BCUT2D eigenvalue weighted by Crippen LogP contribution is -2.48. The largest absolute Gasteiger partial charge is 0.588 e. The highest BCUT2D eigenvalue weighted by Gasteiger charge is 2.26. The molecule has 0 aliphatic carbocycles. The van der Waals surface area contributed by atoms with E-state index in [1.807, 2.05) is 41.3 Å². The molecule has 0 saturated carbocycles. The van der Waals surface area contributed by atoms with Crippen molar-refractivity contribution in [2.24, 2.45) is 0 Å². The van der Waals surface area contributed by atoms with Gasteiger partial charge in [-0.3, -0.25) is 14.7 Å². The predicted octanol–water partition coefficient (Wildman–Crippen LogP) is 3.74. The SMILES string of the molecule is COc1cc(N[S+]([O-])c2cccc3cccnc23)ccc1C(=O)N1CCN(Cc2cccnc2OC)CC1. The molecule has 1 aliphatic rings. The quantitative estimate of drug-likeness (QED) is 0.343. The van der Waals surface area contributed by atoms with Gasteiger partial charge in [-0.1, -0.05) is 24.3 Å². The number of hydrogen-bond acceptors (Lipinski definition) is 8. The first-order chi connectivity index (χ1) is 18.6. The van der Waals surface area contributed by atoms with Crippen molar-refractivity contribution in [1.29, 1.82) is 0 Å². The number of piperazine rings is 1. The number of fused-ring (bicyclic) bond motifs is 1. The summed E-state index contributed by atoms with van der Waals surface area (Å²) in [5, 5.41) is 0.915. The van der Waals surface area contributed by atoms with Crippen LogP contribution in [-0.4, -0.2) is 70.6 Å². The van der Waals surface area contributed by atoms with Gasteiger partial charge in [0.05, 0.1) is 25.5 Å². The predicted molar refractivity (Wildman–Crippen MR) is 147 cm³/mol. The van der Waals surface area contributed by atoms with Crippen LogP contribution in [0.25, 0.3) is 10.9 Å². The van der Waals surface area contributed by atoms with E-state index < -0.39 is 11.4 Å². The fourth-order valence-electron chi connectivity index (χ4n) is 4.57. The minimum Gasteiger partial charge on any atom is -0.588 e. The van der Waals surface area contributed by atoms with Gasteiger partial charge in [-0.2, -0.15) is 0 Å². The zero-order valence-corrected chi connectivity index (χ0v) is 22.1. The topological polar surface area (TPSA) is 103 Å². The van der Waals surface area contributed by atoms with Gasteiger partial charge in [0.25, 0.3) is 5.91 Å². The number of ether oxygens (including phenoxy) is 2. The zero-order valence-electron chi connectivity index (χ0n) is 21.3. The molecule has 4 aromatic rings. The number of nitrogens with one attached hydrogen (secondary N) is 1. The maximum absolute atomic E-state index is 13.4. The first-order valence-electron chi connectivity index (χ1n) is 12.3. The average molecular weight is 532 g/mol. The van der Waals surface area contributed by atoms with Gasteiger partial charge in [0.2, 0.25) is 10.8 Å². The lowest BCUT2D eigenvalue weighted by atomic mass is 10.1. The van der Waals surface area contributed by atoms with Gasteiger partial charge in [0, 0.05) is 62.1 Å². The van der Waals surface area contributed by atoms with Crippen LogP contribution >= 0.6 is 0 Å². The van der Waals surface area contributed by atoms with Crippen LogP contribution in [0.5, 0.6) is 11.6 Å². The highest BCUT2D eigenvalue weighted by Crippen LogP contribution is 2.28. The normalized spacial score (nSPS) is 14.8. The van der Waals surface area contributed by atoms with Crippen molar-refractivity contribution in [2.45, 2.75) is 11.4 Å². The van der Waals surface area contributed by atoms with E-state index in [4.69, 9.17) is 9.47 Å². The Labute approximate surface area is 224 Å². The molecule has 1 saturated heterocycles. The van der Waals surface area contributed by atoms with Crippen molar-refractivity contribution in [3.05, 3.63) is 84.2 Å². The number of aromatic nitrogens is 2. The van der Waals surface area contributed by atoms with Crippen molar-refractivity contribution in [1.82, 2.24) is 19.8 Å². The van der Waals surface area contributed by atoms with Crippen LogP contribution in [0.15, 0.2) is 78.0 Å². The molecule has 0 bridgehead atoms. The minimum absolute atomic E-state index is 0.0913. The van der Waals surface area contributed by atoms with E-state index in [2.05, 4.69) is 19.6 Å². The molecule has 0 spiro atoms. The van der Waals surface area contributed by atoms with Crippen LogP contribution in [0.3, 0.4) is 0 Å². The third-order valence-corrected chi connectivity index (χ3v) is 7.68. The Balaban J connectivity index is 1.24. The third kappa shape index (κ3) is 5.52. The van der Waals surface area contributed by atoms with Crippen LogP contribution < -0.4 is 14.2 Å². The average Bonchev–Trinajstić information content (AvgIpc) is 2.97. The molecule has 9 nitrogen and oxygen atoms in total. The van der Waals surface area contributed by atoms with Crippen molar-refractivity contribution in [3.8, 4) is 11.6 Å². The molecule has 1 unspecified atom stereocenters. The fraction of sp³-hybridized carbons (Fsp3) is 0.250. The van der Waals surface area contributed by atoms with E-state index >= 15 is 0 Å². The molecule has 2 aromatic heterocycles. The molecule has 38 heavy (non-hydrogen) atoms. The highest BCUT2D eigenvalue weighted by molar-refractivity contribution is 7.93. The Kier molecular flexibility index (Phi) is 7.92. The number of methoxy groups -OCH3 is 2. The first-order valence-corrected chi connectivity index (χ1v) is 13.4. The number of benzene rings is 2. The van der Waals surface area contributed by atoms with E-state index in [0.29, 0.717) is 52.9 Å². The van der Waals surface area contributed by atoms with E-state index in [9.17, 15) is 9.35 Å². The number of para-hydroxylation sites is 1. The van der Waals surface area contributed by atoms with E-state index in [1.54, 1.807) is 43.8 Å². The number of nitrogens with zero attached hydrogens (tertiary/aromatic N) is 4. The summed E-state index contributed by atoms with van der Waals surface area (Å²) in [6.45, 7) is 3.39. The number of amides is 1. The summed E-state index contributed by atoms with van der Waals surface area (Å²) >= 11 is -1.55. The lowest BCUT2D eigenvalue weighted by molar-refractivity contribution is 0.0624. The Hall–Kier alpha value is -3.86. The summed E-state index contributed by atoms with van der Waals surface area (Å²) < 4.78 is 27.1. The number of carbonyl (C=O) groups excluding carboxylic acids is 1. The number of rotatable bonds is 8. The molecule has 1 N–H and O–H groups in total. The summed E-state index contributed by atoms with van der Waals surface area (Å²) in [6.07, 6.45) is 3.40. The molecule has 1 amide bonds. The Bertz CT molecular complexity index is 1420. The van der Waals surface area contributed by atoms with E-state index in [0.717, 1.165) is 24.0 Å². The molecule has 196 valence electrons. The number of pyridine rings is 2. The number of anilines is 1. The molecule has 2 aromatic carbocycles. The molecular weight excluding hydrogens is 502 g/mol. The number of hydrogen-bond donors (Lipinski definition) is 1. The smallest absolute Gasteiger partial charge is 0.257 e. The summed E-state index contributed by atoms with van der Waals surface area (Å²) in [6, 6.07) is 18.4. The minimum atomic E-state index is -1.55. The molecule has 10 heteroatoms. The summed E-state index contributed by atoms with van der Waals surface area (Å²) in [4.78, 5) is 26.7. The van der Waals surface area contributed by atoms with E-state index in [1.165, 1.54) is 7.11 Å². The number of carbonyl (C=O) groups is 1. The van der Waals surface area contributed by atoms with Crippen LogP contribution in [-0.2, 0) is 17.9 Å². The Morgan fingerprint density at radius 3 is 2.53 bits per heavy atom. The Morgan fingerprint density at radius 1 is 0.974 bits per heavy atom. The monoisotopic (exact) mass is 531 g/mol. The van der Waals surface area contributed by atoms with Crippen LogP contribution in [0.1, 0.15) is 15.9 Å². The molecule has 0 radical (unpaired) electrons. The van der Waals surface area contributed by atoms with Crippen molar-refractivity contribution < 1.29 is 18.8 Å². The van der Waals surface area contributed by atoms with Crippen molar-refractivity contribution in [2.75, 3.05) is 45.1 Å². The fourth-order valence-corrected chi connectivity index (χ4v) is 5.57. The summed E-state index contributed by atoms with van der Waals surface area (Å²) in [7, 11) is 3.15. The van der Waals surface area contributed by atoms with Gasteiger partial charge < -0.3 is 18.9 Å². The van der Waals surface area contributed by atoms with Gasteiger partial charge in [-0.15, -0.1) is 0 Å². The maximum atomic E-state index is 13.4. The highest BCUT2D eigenvalue weighted by atomic mass is 32.2. The van der Waals surface area contributed by atoms with Crippen LogP contribution in [0.2, 0.25) is 0 Å². The second kappa shape index (κ2) is 11.7. The van der Waals surface area contributed by atoms with Crippen molar-refractivity contribution >= 4 is 33.9 Å². The van der Waals surface area contributed by atoms with Crippen molar-refractivity contribution in [3.63, 3.8) is 0 Å². The third-order valence-electron chi connectivity index (χ3n) is 6.53. The van der Waals surface area contributed by atoms with E-state index in [-0.39, 0.29) is 5.91 Å². The standard InChI is InChI=1S/C28H29N5O4S/c1-36-24-18-22(31-38(35)25-9-3-6-20-7-4-12-29-26(20)25)10-11-23(24)28(34)33-16-14-32(15-17-33)19-21-8-5-13-30-27(21)37-2/h3-13,18,31H,14-17,19H2,1-2H3. The molecule has 3 heterocycles. The maximum Gasteiger partial charge on any atom is 0.257 e. The second-order valence-electron chi connectivity index (χ2n) is 8.86. The second-order valence-corrected chi connectivity index (χ2v) is 10.0. The van der Waals surface area contributed by atoms with Gasteiger partial charge in [-0.05, 0) is 30.3 Å². The van der Waals surface area contributed by atoms with Gasteiger partial charge >= 0.3 is 0 Å². The lowest BCUT2D eigenvalue weighted by Gasteiger charge is -2.35. The van der Waals surface area contributed by atoms with Gasteiger partial charge in [-0.25, -0.2) is 9.71 Å². The van der Waals surface area contributed by atoms with Crippen LogP contribution in [0, 0.1) is 0 Å². The Morgan fingerprint density at radius 2 is 1.74 bits per heavy atom. The first kappa shape index (κ1) is 25.8. The molecule has 1 atom stereocenters.